The molecule has 0 spiro atoms. The van der Waals surface area contributed by atoms with E-state index in [9.17, 15) is 0 Å². The van der Waals surface area contributed by atoms with Crippen LogP contribution in [0.3, 0.4) is 0 Å². The van der Waals surface area contributed by atoms with E-state index < -0.39 is 18.3 Å². The van der Waals surface area contributed by atoms with E-state index >= 15 is 0 Å². The van der Waals surface area contributed by atoms with E-state index in [4.69, 9.17) is 13.7 Å². The molecular weight excluding hydrogens is 419 g/mol. The van der Waals surface area contributed by atoms with E-state index in [0.717, 1.165) is 38.5 Å². The average Bonchev–Trinajstić information content (AvgIpc) is 3.32. The third-order valence-electron chi connectivity index (χ3n) is 7.34. The average molecular weight is 446 g/mol. The predicted molar refractivity (Wildman–Crippen MR) is 140 cm³/mol. The molecule has 168 valence electrons. The summed E-state index contributed by atoms with van der Waals surface area (Å²) in [6, 6.07) is 31.5. The number of rotatable bonds is 3. The van der Waals surface area contributed by atoms with Crippen molar-refractivity contribution in [2.45, 2.75) is 38.9 Å². The third-order valence-corrected chi connectivity index (χ3v) is 7.34. The first-order valence-electron chi connectivity index (χ1n) is 11.8. The van der Waals surface area contributed by atoms with Gasteiger partial charge in [0.05, 0.1) is 11.2 Å². The summed E-state index contributed by atoms with van der Waals surface area (Å²) >= 11 is 0. The highest BCUT2D eigenvalue weighted by atomic mass is 16.7. The number of furan rings is 1. The van der Waals surface area contributed by atoms with Crippen molar-refractivity contribution < 1.29 is 13.7 Å². The summed E-state index contributed by atoms with van der Waals surface area (Å²) < 4.78 is 19.3. The molecule has 3 nitrogen and oxygen atoms in total. The highest BCUT2D eigenvalue weighted by Gasteiger charge is 2.52. The summed E-state index contributed by atoms with van der Waals surface area (Å²) in [6.07, 6.45) is 0. The van der Waals surface area contributed by atoms with Crippen LogP contribution in [-0.4, -0.2) is 18.3 Å². The molecule has 0 radical (unpaired) electrons. The Morgan fingerprint density at radius 3 is 2.00 bits per heavy atom. The standard InChI is InChI=1S/C30H27BO3/c1-29(2)30(3,4)34-31(33-29)24-17-18-26-28(23-15-8-9-16-25(23)32-26)27(24)22-14-10-13-21(19-22)20-11-6-5-7-12-20/h5-19H,1-4H3. The molecule has 1 fully saturated rings. The molecule has 4 aromatic carbocycles. The van der Waals surface area contributed by atoms with Gasteiger partial charge in [-0.15, -0.1) is 0 Å². The second-order valence-electron chi connectivity index (χ2n) is 10.0. The van der Waals surface area contributed by atoms with Crippen molar-refractivity contribution in [2.24, 2.45) is 0 Å². The first kappa shape index (κ1) is 21.2. The van der Waals surface area contributed by atoms with Gasteiger partial charge in [-0.25, -0.2) is 0 Å². The molecule has 4 heteroatoms. The summed E-state index contributed by atoms with van der Waals surface area (Å²) in [6.45, 7) is 8.37. The van der Waals surface area contributed by atoms with E-state index in [0.29, 0.717) is 0 Å². The van der Waals surface area contributed by atoms with Crippen LogP contribution in [0.15, 0.2) is 95.4 Å². The SMILES string of the molecule is CC1(C)OB(c2ccc3oc4ccccc4c3c2-c2cccc(-c3ccccc3)c2)OC1(C)C. The first-order chi connectivity index (χ1) is 16.3. The minimum atomic E-state index is -0.474. The second-order valence-corrected chi connectivity index (χ2v) is 10.0. The van der Waals surface area contributed by atoms with Gasteiger partial charge in [-0.05, 0) is 73.6 Å². The van der Waals surface area contributed by atoms with E-state index in [1.54, 1.807) is 0 Å². The summed E-state index contributed by atoms with van der Waals surface area (Å²) in [5.74, 6) is 0. The summed E-state index contributed by atoms with van der Waals surface area (Å²) in [7, 11) is -0.474. The number of para-hydroxylation sites is 1. The highest BCUT2D eigenvalue weighted by Crippen LogP contribution is 2.41. The molecule has 1 saturated heterocycles. The Balaban J connectivity index is 1.63. The molecule has 6 rings (SSSR count). The molecule has 5 aromatic rings. The van der Waals surface area contributed by atoms with Crippen molar-refractivity contribution in [1.29, 1.82) is 0 Å². The lowest BCUT2D eigenvalue weighted by Crippen LogP contribution is -2.41. The lowest BCUT2D eigenvalue weighted by molar-refractivity contribution is 0.00578. The van der Waals surface area contributed by atoms with Crippen LogP contribution in [0.2, 0.25) is 0 Å². The zero-order valence-electron chi connectivity index (χ0n) is 20.0. The van der Waals surface area contributed by atoms with Gasteiger partial charge in [0.15, 0.2) is 0 Å². The minimum Gasteiger partial charge on any atom is -0.456 e. The van der Waals surface area contributed by atoms with Gasteiger partial charge >= 0.3 is 7.12 Å². The molecule has 0 atom stereocenters. The van der Waals surface area contributed by atoms with Crippen molar-refractivity contribution in [2.75, 3.05) is 0 Å². The number of fused-ring (bicyclic) bond motifs is 3. The Morgan fingerprint density at radius 1 is 0.588 bits per heavy atom. The monoisotopic (exact) mass is 446 g/mol. The van der Waals surface area contributed by atoms with Crippen molar-refractivity contribution in [3.8, 4) is 22.3 Å². The molecular formula is C30H27BO3. The van der Waals surface area contributed by atoms with Gasteiger partial charge in [0.25, 0.3) is 0 Å². The van der Waals surface area contributed by atoms with Gasteiger partial charge < -0.3 is 13.7 Å². The summed E-state index contributed by atoms with van der Waals surface area (Å²) in [5.41, 5.74) is 6.48. The molecule has 0 unspecified atom stereocenters. The van der Waals surface area contributed by atoms with E-state index in [1.165, 1.54) is 11.1 Å². The van der Waals surface area contributed by atoms with Crippen molar-refractivity contribution in [3.05, 3.63) is 91.0 Å². The van der Waals surface area contributed by atoms with Gasteiger partial charge in [0.2, 0.25) is 0 Å². The van der Waals surface area contributed by atoms with E-state index in [2.05, 4.69) is 94.4 Å². The van der Waals surface area contributed by atoms with Gasteiger partial charge in [-0.2, -0.15) is 0 Å². The lowest BCUT2D eigenvalue weighted by Gasteiger charge is -2.32. The minimum absolute atomic E-state index is 0.422. The van der Waals surface area contributed by atoms with Crippen LogP contribution in [0.4, 0.5) is 0 Å². The molecule has 0 amide bonds. The van der Waals surface area contributed by atoms with Crippen LogP contribution in [0, 0.1) is 0 Å². The Labute approximate surface area is 200 Å². The maximum absolute atomic E-state index is 6.51. The van der Waals surface area contributed by atoms with Crippen LogP contribution in [0.1, 0.15) is 27.7 Å². The molecule has 34 heavy (non-hydrogen) atoms. The zero-order valence-corrected chi connectivity index (χ0v) is 20.0. The number of hydrogen-bond donors (Lipinski definition) is 0. The topological polar surface area (TPSA) is 31.6 Å². The fourth-order valence-corrected chi connectivity index (χ4v) is 4.80. The Morgan fingerprint density at radius 2 is 1.24 bits per heavy atom. The van der Waals surface area contributed by atoms with Gasteiger partial charge in [-0.3, -0.25) is 0 Å². The van der Waals surface area contributed by atoms with Crippen molar-refractivity contribution in [3.63, 3.8) is 0 Å². The fraction of sp³-hybridized carbons (Fsp3) is 0.200. The molecule has 2 heterocycles. The van der Waals surface area contributed by atoms with E-state index in [-0.39, 0.29) is 0 Å². The van der Waals surface area contributed by atoms with Crippen LogP contribution < -0.4 is 5.46 Å². The molecule has 1 aromatic heterocycles. The normalized spacial score (nSPS) is 17.0. The van der Waals surface area contributed by atoms with Crippen LogP contribution in [-0.2, 0) is 9.31 Å². The second kappa shape index (κ2) is 7.59. The smallest absolute Gasteiger partial charge is 0.456 e. The molecule has 1 aliphatic heterocycles. The summed E-state index contributed by atoms with van der Waals surface area (Å²) in [5, 5.41) is 2.18. The van der Waals surface area contributed by atoms with Gasteiger partial charge in [0.1, 0.15) is 11.2 Å². The van der Waals surface area contributed by atoms with Crippen LogP contribution in [0.5, 0.6) is 0 Å². The largest absolute Gasteiger partial charge is 0.495 e. The maximum Gasteiger partial charge on any atom is 0.495 e. The molecule has 1 aliphatic rings. The maximum atomic E-state index is 6.51. The molecule has 0 N–H and O–H groups in total. The van der Waals surface area contributed by atoms with Gasteiger partial charge in [0, 0.05) is 10.8 Å². The zero-order chi connectivity index (χ0) is 23.5. The van der Waals surface area contributed by atoms with Crippen LogP contribution >= 0.6 is 0 Å². The third kappa shape index (κ3) is 3.29. The molecule has 0 aliphatic carbocycles. The quantitative estimate of drug-likeness (QED) is 0.274. The summed E-state index contributed by atoms with van der Waals surface area (Å²) in [4.78, 5) is 0. The molecule has 0 bridgehead atoms. The van der Waals surface area contributed by atoms with Crippen molar-refractivity contribution >= 4 is 34.5 Å². The number of hydrogen-bond acceptors (Lipinski definition) is 3. The fourth-order valence-electron chi connectivity index (χ4n) is 4.80. The number of benzene rings is 4. The Bertz CT molecular complexity index is 1500. The molecule has 0 saturated carbocycles. The predicted octanol–water partition coefficient (Wildman–Crippen LogP) is 7.22. The Hall–Kier alpha value is -3.34. The first-order valence-corrected chi connectivity index (χ1v) is 11.8. The highest BCUT2D eigenvalue weighted by molar-refractivity contribution is 6.64. The lowest BCUT2D eigenvalue weighted by atomic mass is 9.73. The Kier molecular flexibility index (Phi) is 4.74. The van der Waals surface area contributed by atoms with Crippen molar-refractivity contribution in [1.82, 2.24) is 0 Å². The van der Waals surface area contributed by atoms with E-state index in [1.807, 2.05) is 24.3 Å². The van der Waals surface area contributed by atoms with Crippen LogP contribution in [0.25, 0.3) is 44.2 Å². The van der Waals surface area contributed by atoms with Gasteiger partial charge in [-0.1, -0.05) is 72.8 Å².